The number of hydrogen-bond acceptors (Lipinski definition) is 2. The highest BCUT2D eigenvalue weighted by atomic mass is 16.5. The second-order valence-electron chi connectivity index (χ2n) is 6.40. The molecule has 0 unspecified atom stereocenters. The highest BCUT2D eigenvalue weighted by Gasteiger charge is 2.52. The minimum Gasteiger partial charge on any atom is -0.396 e. The van der Waals surface area contributed by atoms with Crippen LogP contribution in [0.5, 0.6) is 0 Å². The molecule has 0 amide bonds. The third-order valence-corrected chi connectivity index (χ3v) is 5.49. The summed E-state index contributed by atoms with van der Waals surface area (Å²) in [5.41, 5.74) is 1.42. The molecule has 0 aromatic rings. The number of hydrogen-bond donors (Lipinski definition) is 1. The molecule has 1 fully saturated rings. The largest absolute Gasteiger partial charge is 0.396 e. The van der Waals surface area contributed by atoms with E-state index in [9.17, 15) is 5.11 Å². The summed E-state index contributed by atoms with van der Waals surface area (Å²) in [6.07, 6.45) is 6.37. The van der Waals surface area contributed by atoms with Crippen LogP contribution in [-0.2, 0) is 4.74 Å². The summed E-state index contributed by atoms with van der Waals surface area (Å²) in [6.45, 7) is 9.98. The Labute approximate surface area is 111 Å². The quantitative estimate of drug-likeness (QED) is 0.777. The average Bonchev–Trinajstić information content (AvgIpc) is 2.34. The molecule has 0 radical (unpaired) electrons. The van der Waals surface area contributed by atoms with Gasteiger partial charge in [0, 0.05) is 11.3 Å². The van der Waals surface area contributed by atoms with Gasteiger partial charge in [0.1, 0.15) is 0 Å². The highest BCUT2D eigenvalue weighted by molar-refractivity contribution is 5.20. The van der Waals surface area contributed by atoms with Gasteiger partial charge in [-0.15, -0.1) is 0 Å². The second kappa shape index (κ2) is 5.34. The molecule has 1 saturated heterocycles. The van der Waals surface area contributed by atoms with E-state index in [1.165, 1.54) is 18.4 Å². The molecular formula is C16H28O2. The van der Waals surface area contributed by atoms with E-state index in [0.29, 0.717) is 23.9 Å². The zero-order chi connectivity index (χ0) is 13.3. The molecule has 1 heterocycles. The Kier molecular flexibility index (Phi) is 4.18. The van der Waals surface area contributed by atoms with Crippen LogP contribution >= 0.6 is 0 Å². The molecule has 2 heteroatoms. The number of fused-ring (bicyclic) bond motifs is 2. The minimum absolute atomic E-state index is 0.0487. The lowest BCUT2D eigenvalue weighted by atomic mass is 9.56. The Bertz CT molecular complexity index is 323. The number of ether oxygens (including phenoxy) is 1. The molecule has 1 aliphatic heterocycles. The van der Waals surface area contributed by atoms with Crippen LogP contribution in [0.4, 0.5) is 0 Å². The molecule has 104 valence electrons. The van der Waals surface area contributed by atoms with E-state index >= 15 is 0 Å². The number of rotatable bonds is 4. The summed E-state index contributed by atoms with van der Waals surface area (Å²) in [4.78, 5) is 0. The zero-order valence-corrected chi connectivity index (χ0v) is 12.3. The van der Waals surface area contributed by atoms with Crippen molar-refractivity contribution in [3.8, 4) is 0 Å². The van der Waals surface area contributed by atoms with Gasteiger partial charge in [0.2, 0.25) is 0 Å². The van der Waals surface area contributed by atoms with Gasteiger partial charge in [0.05, 0.1) is 19.3 Å². The predicted octanol–water partition coefficient (Wildman–Crippen LogP) is 3.40. The van der Waals surface area contributed by atoms with Crippen molar-refractivity contribution < 1.29 is 9.84 Å². The average molecular weight is 252 g/mol. The topological polar surface area (TPSA) is 29.5 Å². The summed E-state index contributed by atoms with van der Waals surface area (Å²) < 4.78 is 6.15. The first-order chi connectivity index (χ1) is 8.56. The van der Waals surface area contributed by atoms with Gasteiger partial charge in [-0.05, 0) is 25.2 Å². The molecule has 0 spiro atoms. The first-order valence-electron chi connectivity index (χ1n) is 7.47. The maximum Gasteiger partial charge on any atom is 0.0643 e. The third-order valence-electron chi connectivity index (χ3n) is 5.49. The Morgan fingerprint density at radius 2 is 2.17 bits per heavy atom. The van der Waals surface area contributed by atoms with Crippen LogP contribution in [0.25, 0.3) is 0 Å². The molecule has 5 atom stereocenters. The Balaban J connectivity index is 2.26. The summed E-state index contributed by atoms with van der Waals surface area (Å²) in [6, 6.07) is 0. The van der Waals surface area contributed by atoms with Crippen molar-refractivity contribution in [1.82, 2.24) is 0 Å². The fourth-order valence-electron chi connectivity index (χ4n) is 4.08. The van der Waals surface area contributed by atoms with Gasteiger partial charge in [0.25, 0.3) is 0 Å². The fraction of sp³-hybridized carbons (Fsp3) is 0.875. The third kappa shape index (κ3) is 2.04. The molecule has 1 N–H and O–H groups in total. The van der Waals surface area contributed by atoms with Crippen molar-refractivity contribution in [3.05, 3.63) is 11.6 Å². The van der Waals surface area contributed by atoms with E-state index < -0.39 is 0 Å². The summed E-state index contributed by atoms with van der Waals surface area (Å²) in [5, 5.41) is 9.87. The maximum atomic E-state index is 9.87. The smallest absolute Gasteiger partial charge is 0.0643 e. The van der Waals surface area contributed by atoms with Gasteiger partial charge < -0.3 is 9.84 Å². The standard InChI is InChI=1S/C16H28O2/c1-5-6-7-14-15-11(2)8-12(3)16(9-17,10-18-14)13(15)4/h8,12-15,17H,5-7,9-10H2,1-4H3/t12-,13+,14-,15+,16-/m0/s1. The molecule has 2 rings (SSSR count). The van der Waals surface area contributed by atoms with Crippen LogP contribution in [0.1, 0.15) is 47.0 Å². The van der Waals surface area contributed by atoms with E-state index in [1.807, 2.05) is 0 Å². The van der Waals surface area contributed by atoms with Crippen molar-refractivity contribution in [1.29, 1.82) is 0 Å². The second-order valence-corrected chi connectivity index (χ2v) is 6.40. The molecular weight excluding hydrogens is 224 g/mol. The fourth-order valence-corrected chi connectivity index (χ4v) is 4.08. The molecule has 18 heavy (non-hydrogen) atoms. The van der Waals surface area contributed by atoms with Crippen LogP contribution in [0.3, 0.4) is 0 Å². The normalized spacial score (nSPS) is 43.7. The molecule has 2 bridgehead atoms. The van der Waals surface area contributed by atoms with Crippen molar-refractivity contribution in [2.24, 2.45) is 23.2 Å². The lowest BCUT2D eigenvalue weighted by molar-refractivity contribution is -0.164. The number of allylic oxidation sites excluding steroid dienone is 1. The van der Waals surface area contributed by atoms with E-state index in [1.54, 1.807) is 0 Å². The van der Waals surface area contributed by atoms with Gasteiger partial charge in [0.15, 0.2) is 0 Å². The zero-order valence-electron chi connectivity index (χ0n) is 12.3. The van der Waals surface area contributed by atoms with Gasteiger partial charge in [-0.25, -0.2) is 0 Å². The number of aliphatic hydroxyl groups excluding tert-OH is 1. The lowest BCUT2D eigenvalue weighted by Crippen LogP contribution is -2.56. The molecule has 0 saturated carbocycles. The van der Waals surface area contributed by atoms with Crippen LogP contribution in [0.15, 0.2) is 11.6 Å². The van der Waals surface area contributed by atoms with Crippen molar-refractivity contribution in [2.45, 2.75) is 53.1 Å². The van der Waals surface area contributed by atoms with Crippen LogP contribution < -0.4 is 0 Å². The Morgan fingerprint density at radius 1 is 1.44 bits per heavy atom. The minimum atomic E-state index is -0.0487. The van der Waals surface area contributed by atoms with Crippen molar-refractivity contribution in [3.63, 3.8) is 0 Å². The summed E-state index contributed by atoms with van der Waals surface area (Å²) in [5.74, 6) is 1.45. The van der Waals surface area contributed by atoms with Crippen molar-refractivity contribution in [2.75, 3.05) is 13.2 Å². The van der Waals surface area contributed by atoms with Crippen LogP contribution in [-0.4, -0.2) is 24.4 Å². The molecule has 2 nitrogen and oxygen atoms in total. The van der Waals surface area contributed by atoms with Gasteiger partial charge in [-0.1, -0.05) is 45.3 Å². The Morgan fingerprint density at radius 3 is 2.78 bits per heavy atom. The van der Waals surface area contributed by atoms with Gasteiger partial charge in [-0.3, -0.25) is 0 Å². The SMILES string of the molecule is CCCC[C@@H]1OC[C@]2(CO)[C@H](C)[C@H]1C(C)=C[C@@H]2C. The predicted molar refractivity (Wildman–Crippen MR) is 74.4 cm³/mol. The molecule has 1 aliphatic carbocycles. The highest BCUT2D eigenvalue weighted by Crippen LogP contribution is 2.52. The number of aliphatic hydroxyl groups is 1. The summed E-state index contributed by atoms with van der Waals surface area (Å²) in [7, 11) is 0. The lowest BCUT2D eigenvalue weighted by Gasteiger charge is -2.55. The van der Waals surface area contributed by atoms with E-state index in [2.05, 4.69) is 33.8 Å². The molecule has 2 aliphatic rings. The molecule has 0 aromatic heterocycles. The van der Waals surface area contributed by atoms with E-state index in [-0.39, 0.29) is 12.0 Å². The van der Waals surface area contributed by atoms with Crippen molar-refractivity contribution >= 4 is 0 Å². The maximum absolute atomic E-state index is 9.87. The van der Waals surface area contributed by atoms with E-state index in [0.717, 1.165) is 13.0 Å². The summed E-state index contributed by atoms with van der Waals surface area (Å²) >= 11 is 0. The first-order valence-corrected chi connectivity index (χ1v) is 7.47. The molecule has 0 aromatic carbocycles. The number of unbranched alkanes of at least 4 members (excludes halogenated alkanes) is 1. The first kappa shape index (κ1) is 14.1. The van der Waals surface area contributed by atoms with E-state index in [4.69, 9.17) is 4.74 Å². The monoisotopic (exact) mass is 252 g/mol. The Hall–Kier alpha value is -0.340. The van der Waals surface area contributed by atoms with Gasteiger partial charge in [-0.2, -0.15) is 0 Å². The van der Waals surface area contributed by atoms with Crippen LogP contribution in [0.2, 0.25) is 0 Å². The van der Waals surface area contributed by atoms with Gasteiger partial charge >= 0.3 is 0 Å². The van der Waals surface area contributed by atoms with Crippen LogP contribution in [0, 0.1) is 23.2 Å².